The van der Waals surface area contributed by atoms with Crippen molar-refractivity contribution in [2.24, 2.45) is 0 Å². The normalized spacial score (nSPS) is 10.9. The van der Waals surface area contributed by atoms with Gasteiger partial charge in [0.2, 0.25) is 0 Å². The van der Waals surface area contributed by atoms with Gasteiger partial charge >= 0.3 is 0 Å². The van der Waals surface area contributed by atoms with Gasteiger partial charge in [0, 0.05) is 61.9 Å². The van der Waals surface area contributed by atoms with Crippen molar-refractivity contribution in [2.75, 3.05) is 24.3 Å². The smallest absolute Gasteiger partial charge is 0.162 e. The number of aryl methyl sites for hydroxylation is 1. The topological polar surface area (TPSA) is 82.6 Å². The Labute approximate surface area is 157 Å². The lowest BCUT2D eigenvalue weighted by Crippen LogP contribution is -2.13. The molecule has 7 heteroatoms. The van der Waals surface area contributed by atoms with Crippen molar-refractivity contribution in [3.8, 4) is 11.4 Å². The third-order valence-corrected chi connectivity index (χ3v) is 4.33. The van der Waals surface area contributed by atoms with E-state index in [9.17, 15) is 0 Å². The number of nitrogens with one attached hydrogen (secondary N) is 2. The largest absolute Gasteiger partial charge is 0.366 e. The van der Waals surface area contributed by atoms with Gasteiger partial charge in [-0.15, -0.1) is 0 Å². The van der Waals surface area contributed by atoms with Gasteiger partial charge in [0.1, 0.15) is 17.3 Å². The molecule has 0 bridgehead atoms. The number of fused-ring (bicyclic) bond motifs is 1. The number of aromatic amines is 1. The van der Waals surface area contributed by atoms with Crippen LogP contribution in [0.15, 0.2) is 49.1 Å². The van der Waals surface area contributed by atoms with Crippen LogP contribution in [0.2, 0.25) is 0 Å². The van der Waals surface area contributed by atoms with Gasteiger partial charge in [-0.1, -0.05) is 6.07 Å². The van der Waals surface area contributed by atoms with Crippen molar-refractivity contribution in [3.05, 3.63) is 60.2 Å². The van der Waals surface area contributed by atoms with E-state index in [2.05, 4.69) is 25.3 Å². The van der Waals surface area contributed by atoms with E-state index in [0.29, 0.717) is 12.4 Å². The second-order valence-electron chi connectivity index (χ2n) is 6.60. The first-order chi connectivity index (χ1) is 13.1. The summed E-state index contributed by atoms with van der Waals surface area (Å²) < 4.78 is 0. The van der Waals surface area contributed by atoms with Crippen LogP contribution >= 0.6 is 0 Å². The molecule has 4 rings (SSSR count). The van der Waals surface area contributed by atoms with Crippen LogP contribution in [0.5, 0.6) is 0 Å². The number of anilines is 2. The van der Waals surface area contributed by atoms with E-state index in [1.165, 1.54) is 0 Å². The second kappa shape index (κ2) is 7.03. The van der Waals surface area contributed by atoms with Gasteiger partial charge < -0.3 is 15.2 Å². The van der Waals surface area contributed by atoms with Crippen LogP contribution in [-0.2, 0) is 6.54 Å². The summed E-state index contributed by atoms with van der Waals surface area (Å²) in [6.07, 6.45) is 7.35. The lowest BCUT2D eigenvalue weighted by Gasteiger charge is -2.15. The van der Waals surface area contributed by atoms with Gasteiger partial charge in [-0.3, -0.25) is 4.98 Å². The summed E-state index contributed by atoms with van der Waals surface area (Å²) in [6, 6.07) is 7.95. The molecule has 0 spiro atoms. The van der Waals surface area contributed by atoms with E-state index < -0.39 is 0 Å². The number of nitrogens with zero attached hydrogens (tertiary/aromatic N) is 5. The maximum Gasteiger partial charge on any atom is 0.162 e. The third-order valence-electron chi connectivity index (χ3n) is 4.33. The van der Waals surface area contributed by atoms with Crippen molar-refractivity contribution < 1.29 is 0 Å². The van der Waals surface area contributed by atoms with Crippen LogP contribution in [-0.4, -0.2) is 39.0 Å². The Morgan fingerprint density at radius 3 is 2.81 bits per heavy atom. The molecule has 136 valence electrons. The van der Waals surface area contributed by atoms with Crippen LogP contribution in [0.1, 0.15) is 11.1 Å². The van der Waals surface area contributed by atoms with E-state index in [-0.39, 0.29) is 0 Å². The molecule has 4 aromatic heterocycles. The molecule has 0 saturated carbocycles. The maximum absolute atomic E-state index is 4.77. The summed E-state index contributed by atoms with van der Waals surface area (Å²) in [5.74, 6) is 2.35. The molecular formula is C20H21N7. The lowest BCUT2D eigenvalue weighted by atomic mass is 10.1. The summed E-state index contributed by atoms with van der Waals surface area (Å²) in [5, 5.41) is 4.36. The fraction of sp³-hybridized carbons (Fsp3) is 0.200. The molecule has 0 saturated heterocycles. The number of aromatic nitrogens is 5. The molecule has 0 aliphatic carbocycles. The minimum absolute atomic E-state index is 0.643. The maximum atomic E-state index is 4.77. The van der Waals surface area contributed by atoms with Crippen LogP contribution in [0, 0.1) is 6.92 Å². The molecule has 0 radical (unpaired) electrons. The minimum atomic E-state index is 0.643. The van der Waals surface area contributed by atoms with Crippen molar-refractivity contribution in [1.82, 2.24) is 24.9 Å². The molecule has 0 aromatic carbocycles. The first-order valence-electron chi connectivity index (χ1n) is 8.74. The second-order valence-corrected chi connectivity index (χ2v) is 6.60. The predicted octanol–water partition coefficient (Wildman–Crippen LogP) is 3.40. The van der Waals surface area contributed by atoms with Gasteiger partial charge in [0.15, 0.2) is 5.82 Å². The van der Waals surface area contributed by atoms with Crippen LogP contribution < -0.4 is 10.2 Å². The number of H-pyrrole nitrogens is 1. The molecule has 0 amide bonds. The molecule has 0 aliphatic heterocycles. The molecule has 0 aliphatic rings. The molecular weight excluding hydrogens is 338 g/mol. The monoisotopic (exact) mass is 359 g/mol. The van der Waals surface area contributed by atoms with Crippen molar-refractivity contribution in [1.29, 1.82) is 0 Å². The predicted molar refractivity (Wildman–Crippen MR) is 108 cm³/mol. The molecule has 0 atom stereocenters. The third kappa shape index (κ3) is 3.44. The summed E-state index contributed by atoms with van der Waals surface area (Å²) in [6.45, 7) is 2.66. The lowest BCUT2D eigenvalue weighted by molar-refractivity contribution is 1.02. The Bertz CT molecular complexity index is 1070. The highest BCUT2D eigenvalue weighted by Gasteiger charge is 2.13. The Hall–Kier alpha value is -3.48. The fourth-order valence-corrected chi connectivity index (χ4v) is 3.02. The van der Waals surface area contributed by atoms with Crippen molar-refractivity contribution in [2.45, 2.75) is 13.5 Å². The van der Waals surface area contributed by atoms with Gasteiger partial charge in [0.25, 0.3) is 0 Å². The molecule has 4 aromatic rings. The minimum Gasteiger partial charge on any atom is -0.366 e. The molecule has 0 fully saturated rings. The van der Waals surface area contributed by atoms with Gasteiger partial charge in [0.05, 0.1) is 0 Å². The first kappa shape index (κ1) is 17.0. The van der Waals surface area contributed by atoms with Crippen LogP contribution in [0.25, 0.3) is 22.4 Å². The highest BCUT2D eigenvalue weighted by molar-refractivity contribution is 5.93. The van der Waals surface area contributed by atoms with E-state index >= 15 is 0 Å². The highest BCUT2D eigenvalue weighted by Crippen LogP contribution is 2.29. The number of hydrogen-bond donors (Lipinski definition) is 2. The molecule has 7 nitrogen and oxygen atoms in total. The van der Waals surface area contributed by atoms with E-state index in [4.69, 9.17) is 4.98 Å². The van der Waals surface area contributed by atoms with Crippen molar-refractivity contribution in [3.63, 3.8) is 0 Å². The number of rotatable bonds is 5. The average molecular weight is 359 g/mol. The zero-order valence-corrected chi connectivity index (χ0v) is 15.6. The van der Waals surface area contributed by atoms with Crippen LogP contribution in [0.3, 0.4) is 0 Å². The Morgan fingerprint density at radius 2 is 2.04 bits per heavy atom. The van der Waals surface area contributed by atoms with Crippen LogP contribution in [0.4, 0.5) is 11.6 Å². The average Bonchev–Trinajstić information content (AvgIpc) is 3.15. The highest BCUT2D eigenvalue weighted by atomic mass is 15.2. The summed E-state index contributed by atoms with van der Waals surface area (Å²) in [7, 11) is 3.97. The van der Waals surface area contributed by atoms with E-state index in [1.807, 2.05) is 68.8 Å². The Balaban J connectivity index is 1.74. The Morgan fingerprint density at radius 1 is 1.15 bits per heavy atom. The summed E-state index contributed by atoms with van der Waals surface area (Å²) in [5.41, 5.74) is 3.88. The molecule has 2 N–H and O–H groups in total. The van der Waals surface area contributed by atoms with Crippen molar-refractivity contribution >= 4 is 22.7 Å². The summed E-state index contributed by atoms with van der Waals surface area (Å²) >= 11 is 0. The molecule has 0 unspecified atom stereocenters. The van der Waals surface area contributed by atoms with Gasteiger partial charge in [-0.05, 0) is 30.7 Å². The number of pyridine rings is 2. The molecule has 27 heavy (non-hydrogen) atoms. The Kier molecular flexibility index (Phi) is 4.42. The zero-order chi connectivity index (χ0) is 18.8. The fourth-order valence-electron chi connectivity index (χ4n) is 3.02. The quantitative estimate of drug-likeness (QED) is 0.568. The van der Waals surface area contributed by atoms with E-state index in [1.54, 1.807) is 6.20 Å². The number of hydrogen-bond acceptors (Lipinski definition) is 6. The standard InChI is InChI=1S/C20H21N7/c1-13-10-24-19(26-20(13)27(2)3)16-9-17(25-18-15(16)6-8-22-18)23-12-14-5-4-7-21-11-14/h4-11H,12H2,1-3H3,(H2,22,23,25). The SMILES string of the molecule is Cc1cnc(-c2cc(NCc3cccnc3)nc3[nH]ccc23)nc1N(C)C. The van der Waals surface area contributed by atoms with E-state index in [0.717, 1.165) is 39.4 Å². The van der Waals surface area contributed by atoms with Gasteiger partial charge in [-0.25, -0.2) is 15.0 Å². The van der Waals surface area contributed by atoms with Gasteiger partial charge in [-0.2, -0.15) is 0 Å². The zero-order valence-electron chi connectivity index (χ0n) is 15.6. The summed E-state index contributed by atoms with van der Waals surface area (Å²) in [4.78, 5) is 23.3. The molecule has 4 heterocycles. The first-order valence-corrected chi connectivity index (χ1v) is 8.74.